The fourth-order valence-electron chi connectivity index (χ4n) is 12.2. The van der Waals surface area contributed by atoms with Gasteiger partial charge in [0.2, 0.25) is 0 Å². The number of alkyl halides is 2. The number of H-pyrrole nitrogens is 1. The van der Waals surface area contributed by atoms with Gasteiger partial charge in [-0.25, -0.2) is 18.1 Å². The molecule has 4 N–H and O–H groups in total. The SMILES string of the molecule is COc1ccc(CN2CCN(C3CC4(CCN(c5ccc(C(=O)NS(=O)(=O)c6ccc(NC[C@H]7CC[C@](C)(O)CC7)c([N+](=O)[O-])c6)c(Oc6cnc7[nH]ccc7c6)c5)CC4)C3)C(c3ccccc3C(C)C)C2)cc1OC(F)F. The highest BCUT2D eigenvalue weighted by Crippen LogP contribution is 2.53. The number of piperazine rings is 1. The zero-order chi connectivity index (χ0) is 54.9. The van der Waals surface area contributed by atoms with E-state index in [1.807, 2.05) is 12.1 Å². The maximum Gasteiger partial charge on any atom is 0.387 e. The molecule has 20 heteroatoms. The number of pyridine rings is 1. The lowest BCUT2D eigenvalue weighted by Gasteiger charge is -2.58. The molecule has 4 aliphatic rings. The number of nitro benzene ring substituents is 1. The third-order valence-corrected chi connectivity index (χ3v) is 17.9. The number of aromatic amines is 1. The van der Waals surface area contributed by atoms with Crippen molar-refractivity contribution in [1.82, 2.24) is 24.5 Å². The zero-order valence-electron chi connectivity index (χ0n) is 44.4. The number of methoxy groups -OCH3 is 1. The number of nitrogens with zero attached hydrogens (tertiary/aromatic N) is 5. The number of hydrogen-bond donors (Lipinski definition) is 4. The number of benzene rings is 4. The summed E-state index contributed by atoms with van der Waals surface area (Å²) in [5, 5.41) is 26.5. The van der Waals surface area contributed by atoms with Gasteiger partial charge in [0, 0.05) is 87.3 Å². The van der Waals surface area contributed by atoms with E-state index in [-0.39, 0.29) is 45.9 Å². The molecular weight excluding hydrogens is 1020 g/mol. The number of hydrogen-bond acceptors (Lipinski definition) is 14. The van der Waals surface area contributed by atoms with Crippen molar-refractivity contribution in [2.24, 2.45) is 11.3 Å². The molecule has 0 radical (unpaired) electrons. The highest BCUT2D eigenvalue weighted by molar-refractivity contribution is 7.90. The van der Waals surface area contributed by atoms with Crippen LogP contribution < -0.4 is 29.1 Å². The van der Waals surface area contributed by atoms with E-state index < -0.39 is 43.6 Å². The van der Waals surface area contributed by atoms with Crippen molar-refractivity contribution in [3.8, 4) is 23.0 Å². The molecule has 2 aliphatic carbocycles. The molecule has 2 saturated carbocycles. The predicted molar refractivity (Wildman–Crippen MR) is 293 cm³/mol. The molecule has 17 nitrogen and oxygen atoms in total. The van der Waals surface area contributed by atoms with Crippen molar-refractivity contribution in [3.63, 3.8) is 0 Å². The fourth-order valence-corrected chi connectivity index (χ4v) is 13.2. The first-order chi connectivity index (χ1) is 37.3. The highest BCUT2D eigenvalue weighted by atomic mass is 32.2. The number of halogens is 2. The molecule has 1 amide bonds. The molecule has 4 heterocycles. The van der Waals surface area contributed by atoms with Crippen LogP contribution in [0.1, 0.15) is 111 Å². The van der Waals surface area contributed by atoms with Crippen LogP contribution in [0.25, 0.3) is 11.0 Å². The summed E-state index contributed by atoms with van der Waals surface area (Å²) in [7, 11) is -3.18. The molecule has 10 rings (SSSR count). The molecule has 4 aromatic carbocycles. The van der Waals surface area contributed by atoms with Crippen LogP contribution in [0.5, 0.6) is 23.0 Å². The molecule has 1 unspecified atom stereocenters. The Morgan fingerprint density at radius 1 is 0.936 bits per heavy atom. The van der Waals surface area contributed by atoms with E-state index >= 15 is 0 Å². The topological polar surface area (TPSA) is 205 Å². The normalized spacial score (nSPS) is 21.2. The number of nitrogens with one attached hydrogen (secondary N) is 3. The van der Waals surface area contributed by atoms with Crippen LogP contribution in [0.4, 0.5) is 25.8 Å². The number of fused-ring (bicyclic) bond motifs is 1. The highest BCUT2D eigenvalue weighted by Gasteiger charge is 2.50. The Labute approximate surface area is 453 Å². The second-order valence-electron chi connectivity index (χ2n) is 22.2. The Hall–Kier alpha value is -6.87. The van der Waals surface area contributed by atoms with Crippen LogP contribution in [0, 0.1) is 21.4 Å². The van der Waals surface area contributed by atoms with Gasteiger partial charge < -0.3 is 34.5 Å². The standard InChI is InChI=1S/C58H68F2N8O9S/c1-37(2)45-7-5-6-8-46(45)50-36-65(35-39-9-14-51(75-4)53(27-39)77-56(59)60)25-26-67(50)42-31-58(32-42)20-23-66(24-21-58)41-10-12-47(52(29-41)76-43-28-40-17-22-61-54(40)63-34-43)55(69)64-78(73,74)44-11-13-48(49(30-44)68(71)72)62-33-38-15-18-57(3,70)19-16-38/h5-14,17,22,27-30,34,37-38,42,50,56,62,70H,15-16,18-21,23-26,31-33,35-36H2,1-4H3,(H,61,63)(H,64,69)/t38-,50?,57-. The van der Waals surface area contributed by atoms with E-state index in [4.69, 9.17) is 14.2 Å². The molecule has 414 valence electrons. The minimum Gasteiger partial charge on any atom is -0.493 e. The third-order valence-electron chi connectivity index (χ3n) is 16.6. The summed E-state index contributed by atoms with van der Waals surface area (Å²) in [6, 6.07) is 26.6. The summed E-state index contributed by atoms with van der Waals surface area (Å²) in [6.07, 6.45) is 10.0. The van der Waals surface area contributed by atoms with Crippen LogP contribution >= 0.6 is 0 Å². The van der Waals surface area contributed by atoms with E-state index in [0.717, 1.165) is 94.0 Å². The molecule has 1 spiro atoms. The van der Waals surface area contributed by atoms with Gasteiger partial charge in [-0.15, -0.1) is 0 Å². The van der Waals surface area contributed by atoms with Crippen molar-refractivity contribution in [1.29, 1.82) is 0 Å². The molecule has 78 heavy (non-hydrogen) atoms. The van der Waals surface area contributed by atoms with Gasteiger partial charge in [-0.1, -0.05) is 44.2 Å². The molecule has 2 aromatic heterocycles. The molecular formula is C58H68F2N8O9S. The molecule has 1 atom stereocenters. The van der Waals surface area contributed by atoms with Crippen LogP contribution in [0.2, 0.25) is 0 Å². The number of piperidine rings is 1. The van der Waals surface area contributed by atoms with Gasteiger partial charge in [-0.05, 0) is 141 Å². The molecule has 0 bridgehead atoms. The summed E-state index contributed by atoms with van der Waals surface area (Å²) in [5.41, 5.74) is 4.01. The number of anilines is 2. The van der Waals surface area contributed by atoms with E-state index in [0.29, 0.717) is 49.3 Å². The van der Waals surface area contributed by atoms with Crippen LogP contribution in [-0.4, -0.2) is 109 Å². The zero-order valence-corrected chi connectivity index (χ0v) is 45.2. The van der Waals surface area contributed by atoms with Gasteiger partial charge in [0.05, 0.1) is 34.3 Å². The Balaban J connectivity index is 0.829. The van der Waals surface area contributed by atoms with Gasteiger partial charge in [0.1, 0.15) is 22.8 Å². The number of ether oxygens (including phenoxy) is 3. The van der Waals surface area contributed by atoms with E-state index in [2.05, 4.69) is 72.8 Å². The number of carbonyl (C=O) groups excluding carboxylic acids is 1. The summed E-state index contributed by atoms with van der Waals surface area (Å²) in [4.78, 5) is 40.1. The minimum absolute atomic E-state index is 0.0222. The molecule has 2 aliphatic heterocycles. The summed E-state index contributed by atoms with van der Waals surface area (Å²) < 4.78 is 73.0. The fraction of sp³-hybridized carbons (Fsp3) is 0.448. The number of aromatic nitrogens is 2. The van der Waals surface area contributed by atoms with Gasteiger partial charge >= 0.3 is 6.61 Å². The van der Waals surface area contributed by atoms with Crippen molar-refractivity contribution in [2.75, 3.05) is 56.6 Å². The van der Waals surface area contributed by atoms with Crippen molar-refractivity contribution in [2.45, 2.75) is 114 Å². The van der Waals surface area contributed by atoms with Crippen molar-refractivity contribution in [3.05, 3.63) is 136 Å². The second kappa shape index (κ2) is 22.5. The molecule has 4 fully saturated rings. The number of amides is 1. The van der Waals surface area contributed by atoms with Gasteiger partial charge in [0.25, 0.3) is 21.6 Å². The average molecular weight is 1090 g/mol. The van der Waals surface area contributed by atoms with Crippen molar-refractivity contribution >= 4 is 44.0 Å². The Morgan fingerprint density at radius 3 is 2.44 bits per heavy atom. The lowest BCUT2D eigenvalue weighted by Crippen LogP contribution is -2.60. The first-order valence-corrected chi connectivity index (χ1v) is 28.3. The monoisotopic (exact) mass is 1090 g/mol. The summed E-state index contributed by atoms with van der Waals surface area (Å²) >= 11 is 0. The lowest BCUT2D eigenvalue weighted by atomic mass is 9.59. The predicted octanol–water partition coefficient (Wildman–Crippen LogP) is 10.8. The average Bonchev–Trinajstić information content (AvgIpc) is 4.04. The third kappa shape index (κ3) is 12.1. The first-order valence-electron chi connectivity index (χ1n) is 26.9. The van der Waals surface area contributed by atoms with E-state index in [1.54, 1.807) is 49.5 Å². The first kappa shape index (κ1) is 54.5. The van der Waals surface area contributed by atoms with Crippen molar-refractivity contribution < 1.29 is 46.2 Å². The molecule has 6 aromatic rings. The summed E-state index contributed by atoms with van der Waals surface area (Å²) in [6.45, 7) is 8.23. The lowest BCUT2D eigenvalue weighted by molar-refractivity contribution is -0.384. The number of nitro groups is 1. The Bertz CT molecular complexity index is 3260. The van der Waals surface area contributed by atoms with Gasteiger partial charge in [0.15, 0.2) is 11.5 Å². The van der Waals surface area contributed by atoms with E-state index in [1.165, 1.54) is 36.6 Å². The van der Waals surface area contributed by atoms with Crippen LogP contribution in [-0.2, 0) is 16.6 Å². The maximum atomic E-state index is 14.1. The largest absolute Gasteiger partial charge is 0.493 e. The number of aliphatic hydroxyl groups is 1. The number of rotatable bonds is 18. The van der Waals surface area contributed by atoms with Crippen LogP contribution in [0.15, 0.2) is 108 Å². The number of sulfonamides is 1. The van der Waals surface area contributed by atoms with Gasteiger partial charge in [-0.2, -0.15) is 8.78 Å². The summed E-state index contributed by atoms with van der Waals surface area (Å²) in [5.74, 6) is 0.249. The second-order valence-corrected chi connectivity index (χ2v) is 23.9. The Morgan fingerprint density at radius 2 is 1.71 bits per heavy atom. The number of carbonyl (C=O) groups is 1. The smallest absolute Gasteiger partial charge is 0.387 e. The van der Waals surface area contributed by atoms with Gasteiger partial charge in [-0.3, -0.25) is 24.7 Å². The minimum atomic E-state index is -4.62. The van der Waals surface area contributed by atoms with Crippen LogP contribution in [0.3, 0.4) is 0 Å². The maximum absolute atomic E-state index is 14.1. The van der Waals surface area contributed by atoms with E-state index in [9.17, 15) is 37.2 Å². The molecule has 2 saturated heterocycles. The Kier molecular flexibility index (Phi) is 15.7. The quantitative estimate of drug-likeness (QED) is 0.0467.